The van der Waals surface area contributed by atoms with E-state index in [2.05, 4.69) is 39.4 Å². The van der Waals surface area contributed by atoms with Gasteiger partial charge < -0.3 is 19.9 Å². The molecule has 1 N–H and O–H groups in total. The highest BCUT2D eigenvalue weighted by Crippen LogP contribution is 2.34. The average Bonchev–Trinajstić information content (AvgIpc) is 2.63. The quantitative estimate of drug-likeness (QED) is 0.762. The van der Waals surface area contributed by atoms with Gasteiger partial charge >= 0.3 is 0 Å². The van der Waals surface area contributed by atoms with Crippen LogP contribution in [-0.4, -0.2) is 45.0 Å². The zero-order valence-corrected chi connectivity index (χ0v) is 17.2. The first-order chi connectivity index (χ1) is 13.4. The molecule has 0 aliphatic carbocycles. The van der Waals surface area contributed by atoms with Crippen LogP contribution < -0.4 is 10.1 Å². The molecule has 6 heteroatoms. The molecular weight excluding hydrogens is 350 g/mol. The Morgan fingerprint density at radius 3 is 2.21 bits per heavy atom. The summed E-state index contributed by atoms with van der Waals surface area (Å²) in [7, 11) is 10.0. The van der Waals surface area contributed by atoms with Crippen LogP contribution in [-0.2, 0) is 19.6 Å². The fourth-order valence-electron chi connectivity index (χ4n) is 3.13. The molecule has 0 unspecified atom stereocenters. The van der Waals surface area contributed by atoms with Crippen LogP contribution >= 0.6 is 0 Å². The van der Waals surface area contributed by atoms with E-state index in [-0.39, 0.29) is 5.56 Å². The third-order valence-corrected chi connectivity index (χ3v) is 4.13. The molecule has 146 valence electrons. The van der Waals surface area contributed by atoms with Crippen molar-refractivity contribution < 1.29 is 4.74 Å². The van der Waals surface area contributed by atoms with Crippen LogP contribution in [0, 0.1) is 22.7 Å². The third-order valence-electron chi connectivity index (χ3n) is 4.13. The lowest BCUT2D eigenvalue weighted by Crippen LogP contribution is -2.16. The normalized spacial score (nSPS) is 10.8. The van der Waals surface area contributed by atoms with Crippen molar-refractivity contribution in [2.45, 2.75) is 19.6 Å². The summed E-state index contributed by atoms with van der Waals surface area (Å²) in [6.07, 6.45) is 0. The van der Waals surface area contributed by atoms with Crippen molar-refractivity contribution in [2.75, 3.05) is 35.2 Å². The number of hydrogen-bond acceptors (Lipinski definition) is 6. The van der Waals surface area contributed by atoms with E-state index in [1.165, 1.54) is 5.56 Å². The Morgan fingerprint density at radius 1 is 0.964 bits per heavy atom. The van der Waals surface area contributed by atoms with Crippen molar-refractivity contribution in [1.29, 1.82) is 10.5 Å². The molecule has 0 aromatic heterocycles. The fraction of sp³-hybridized carbons (Fsp3) is 0.364. The predicted octanol–water partition coefficient (Wildman–Crippen LogP) is 3.06. The topological polar surface area (TPSA) is 75.3 Å². The van der Waals surface area contributed by atoms with Gasteiger partial charge in [-0.3, -0.25) is 0 Å². The monoisotopic (exact) mass is 377 g/mol. The van der Waals surface area contributed by atoms with Crippen LogP contribution in [0.2, 0.25) is 0 Å². The summed E-state index contributed by atoms with van der Waals surface area (Å²) >= 11 is 0. The van der Waals surface area contributed by atoms with Gasteiger partial charge in [0.25, 0.3) is 0 Å². The van der Waals surface area contributed by atoms with Crippen molar-refractivity contribution in [1.82, 2.24) is 15.1 Å². The average molecular weight is 377 g/mol. The number of benzene rings is 2. The van der Waals surface area contributed by atoms with Gasteiger partial charge in [0.1, 0.15) is 29.2 Å². The van der Waals surface area contributed by atoms with Gasteiger partial charge in [-0.2, -0.15) is 10.5 Å². The smallest absolute Gasteiger partial charge is 0.146 e. The van der Waals surface area contributed by atoms with E-state index in [1.807, 2.05) is 35.2 Å². The highest BCUT2D eigenvalue weighted by Gasteiger charge is 2.17. The van der Waals surface area contributed by atoms with Crippen LogP contribution in [0.25, 0.3) is 0 Å². The first-order valence-corrected chi connectivity index (χ1v) is 9.09. The maximum absolute atomic E-state index is 9.53. The summed E-state index contributed by atoms with van der Waals surface area (Å²) in [4.78, 5) is 4.21. The molecule has 0 aliphatic rings. The van der Waals surface area contributed by atoms with Gasteiger partial charge in [-0.15, -0.1) is 0 Å². The van der Waals surface area contributed by atoms with Crippen molar-refractivity contribution in [3.8, 4) is 23.6 Å². The van der Waals surface area contributed by atoms with Gasteiger partial charge in [-0.1, -0.05) is 6.07 Å². The molecule has 0 fully saturated rings. The molecule has 0 aliphatic heterocycles. The van der Waals surface area contributed by atoms with Crippen molar-refractivity contribution in [3.63, 3.8) is 0 Å². The van der Waals surface area contributed by atoms with E-state index < -0.39 is 0 Å². The molecule has 0 saturated heterocycles. The number of nitriles is 2. The molecule has 0 amide bonds. The Kier molecular flexibility index (Phi) is 7.54. The van der Waals surface area contributed by atoms with E-state index in [0.717, 1.165) is 23.4 Å². The SMILES string of the molecule is CNCc1cc(CN(C)C)cc(CN(C)C)c1Oc1cccc(C#N)c1C#N. The molecule has 6 nitrogen and oxygen atoms in total. The van der Waals surface area contributed by atoms with E-state index in [0.29, 0.717) is 24.4 Å². The molecular formula is C22H27N5O. The minimum Gasteiger partial charge on any atom is -0.455 e. The minimum atomic E-state index is 0.258. The molecule has 0 spiro atoms. The second kappa shape index (κ2) is 9.87. The van der Waals surface area contributed by atoms with Crippen molar-refractivity contribution in [3.05, 3.63) is 58.1 Å². The van der Waals surface area contributed by atoms with E-state index in [4.69, 9.17) is 4.74 Å². The van der Waals surface area contributed by atoms with Crippen LogP contribution in [0.5, 0.6) is 11.5 Å². The predicted molar refractivity (Wildman–Crippen MR) is 110 cm³/mol. The largest absolute Gasteiger partial charge is 0.455 e. The molecule has 2 rings (SSSR count). The standard InChI is InChI=1S/C22H27N5O/c1-25-13-18-9-16(14-26(2)3)10-19(15-27(4)5)22(18)28-21-8-6-7-17(11-23)20(21)12-24/h6-10,25H,13-15H2,1-5H3. The Bertz CT molecular complexity index is 906. The number of nitrogens with zero attached hydrogens (tertiary/aromatic N) is 4. The summed E-state index contributed by atoms with van der Waals surface area (Å²) in [6.45, 7) is 2.16. The maximum Gasteiger partial charge on any atom is 0.146 e. The molecule has 2 aromatic rings. The molecule has 0 saturated carbocycles. The zero-order valence-electron chi connectivity index (χ0n) is 17.2. The second-order valence-electron chi connectivity index (χ2n) is 7.25. The summed E-state index contributed by atoms with van der Waals surface area (Å²) in [5, 5.41) is 22.0. The zero-order chi connectivity index (χ0) is 20.7. The number of hydrogen-bond donors (Lipinski definition) is 1. The molecule has 0 bridgehead atoms. The Labute approximate surface area is 167 Å². The Hall–Kier alpha value is -2.90. The summed E-state index contributed by atoms with van der Waals surface area (Å²) in [5.74, 6) is 1.14. The molecule has 0 heterocycles. The van der Waals surface area contributed by atoms with Gasteiger partial charge in [0.05, 0.1) is 5.56 Å². The molecule has 0 atom stereocenters. The van der Waals surface area contributed by atoms with Crippen LogP contribution in [0.3, 0.4) is 0 Å². The number of rotatable bonds is 8. The van der Waals surface area contributed by atoms with Crippen LogP contribution in [0.4, 0.5) is 0 Å². The van der Waals surface area contributed by atoms with Crippen LogP contribution in [0.15, 0.2) is 30.3 Å². The third kappa shape index (κ3) is 5.31. The van der Waals surface area contributed by atoms with Gasteiger partial charge in [0, 0.05) is 30.8 Å². The maximum atomic E-state index is 9.53. The highest BCUT2D eigenvalue weighted by molar-refractivity contribution is 5.56. The lowest BCUT2D eigenvalue weighted by atomic mass is 10.0. The van der Waals surface area contributed by atoms with Crippen LogP contribution in [0.1, 0.15) is 27.8 Å². The van der Waals surface area contributed by atoms with Gasteiger partial charge in [0.15, 0.2) is 0 Å². The van der Waals surface area contributed by atoms with Gasteiger partial charge in [0.2, 0.25) is 0 Å². The molecule has 0 radical (unpaired) electrons. The van der Waals surface area contributed by atoms with Gasteiger partial charge in [-0.05, 0) is 65.1 Å². The Morgan fingerprint density at radius 2 is 1.64 bits per heavy atom. The molecule has 28 heavy (non-hydrogen) atoms. The first kappa shape index (κ1) is 21.4. The first-order valence-electron chi connectivity index (χ1n) is 9.09. The van der Waals surface area contributed by atoms with Crippen molar-refractivity contribution in [2.24, 2.45) is 0 Å². The highest BCUT2D eigenvalue weighted by atomic mass is 16.5. The van der Waals surface area contributed by atoms with Crippen molar-refractivity contribution >= 4 is 0 Å². The Balaban J connectivity index is 2.61. The lowest BCUT2D eigenvalue weighted by molar-refractivity contribution is 0.382. The number of nitrogens with one attached hydrogen (secondary N) is 1. The summed E-state index contributed by atoms with van der Waals surface area (Å²) < 4.78 is 6.26. The summed E-state index contributed by atoms with van der Waals surface area (Å²) in [5.41, 5.74) is 3.83. The second-order valence-corrected chi connectivity index (χ2v) is 7.25. The lowest BCUT2D eigenvalue weighted by Gasteiger charge is -2.21. The van der Waals surface area contributed by atoms with Gasteiger partial charge in [-0.25, -0.2) is 0 Å². The number of ether oxygens (including phenoxy) is 1. The molecule has 2 aromatic carbocycles. The van der Waals surface area contributed by atoms with E-state index in [9.17, 15) is 10.5 Å². The fourth-order valence-corrected chi connectivity index (χ4v) is 3.13. The minimum absolute atomic E-state index is 0.258. The van der Waals surface area contributed by atoms with E-state index >= 15 is 0 Å². The van der Waals surface area contributed by atoms with E-state index in [1.54, 1.807) is 18.2 Å². The summed E-state index contributed by atoms with van der Waals surface area (Å²) in [6, 6.07) is 13.5.